The van der Waals surface area contributed by atoms with E-state index in [0.717, 1.165) is 45.2 Å². The third kappa shape index (κ3) is 5.00. The van der Waals surface area contributed by atoms with Crippen LogP contribution < -0.4 is 9.64 Å². The predicted molar refractivity (Wildman–Crippen MR) is 281 cm³/mol. The zero-order valence-electron chi connectivity index (χ0n) is 36.2. The van der Waals surface area contributed by atoms with Gasteiger partial charge in [0.05, 0.1) is 27.8 Å². The van der Waals surface area contributed by atoms with Gasteiger partial charge in [0.1, 0.15) is 11.5 Å². The van der Waals surface area contributed by atoms with E-state index in [1.807, 2.05) is 11.3 Å². The highest BCUT2D eigenvalue weighted by molar-refractivity contribution is 7.25. The largest absolute Gasteiger partial charge is 0.457 e. The third-order valence-electron chi connectivity index (χ3n) is 14.6. The smallest absolute Gasteiger partial charge is 0.132 e. The van der Waals surface area contributed by atoms with Crippen molar-refractivity contribution in [1.82, 2.24) is 4.57 Å². The summed E-state index contributed by atoms with van der Waals surface area (Å²) in [5, 5.41) is 9.88. The minimum absolute atomic E-state index is 0.620. The molecular formula is C63H38N2OS. The fourth-order valence-electron chi connectivity index (χ4n) is 11.9. The summed E-state index contributed by atoms with van der Waals surface area (Å²) in [5.74, 6) is 1.78. The Balaban J connectivity index is 1.05. The molecule has 13 aromatic rings. The Hall–Kier alpha value is -8.44. The van der Waals surface area contributed by atoms with Gasteiger partial charge in [-0.2, -0.15) is 0 Å². The van der Waals surface area contributed by atoms with Crippen molar-refractivity contribution in [2.45, 2.75) is 5.41 Å². The molecule has 4 heteroatoms. The standard InChI is InChI=1S/C63H38N2OS/c1-2-17-42-39(15-1)16-13-27-54(42)65-55-26-9-4-19-44(55)45-33-31-41(38-57(45)65)64(40-32-36-61-49(37-40)46-20-5-12-30-60(46)67-61)56-35-34-47-43-18-3-6-22-50(43)63(53-25-14-21-48(56)62(47)53)51-23-7-10-28-58(51)66-59-29-11-8-24-52(59)63/h1-38H. The fourth-order valence-corrected chi connectivity index (χ4v) is 13.0. The Labute approximate surface area is 390 Å². The van der Waals surface area contributed by atoms with Crippen LogP contribution in [0.4, 0.5) is 17.1 Å². The van der Waals surface area contributed by atoms with E-state index in [0.29, 0.717) is 0 Å². The first-order valence-corrected chi connectivity index (χ1v) is 23.8. The molecule has 3 heterocycles. The van der Waals surface area contributed by atoms with Crippen molar-refractivity contribution < 1.29 is 4.74 Å². The summed E-state index contributed by atoms with van der Waals surface area (Å²) in [5.41, 5.74) is 13.5. The van der Waals surface area contributed by atoms with Crippen LogP contribution in [0.2, 0.25) is 0 Å². The first-order chi connectivity index (χ1) is 33.2. The topological polar surface area (TPSA) is 17.4 Å². The van der Waals surface area contributed by atoms with Crippen LogP contribution in [0.3, 0.4) is 0 Å². The molecule has 11 aromatic carbocycles. The van der Waals surface area contributed by atoms with Gasteiger partial charge in [-0.3, -0.25) is 0 Å². The lowest BCUT2D eigenvalue weighted by molar-refractivity contribution is 0.435. The van der Waals surface area contributed by atoms with E-state index in [1.54, 1.807) is 0 Å². The quantitative estimate of drug-likeness (QED) is 0.175. The molecule has 0 fully saturated rings. The van der Waals surface area contributed by atoms with Crippen molar-refractivity contribution in [1.29, 1.82) is 0 Å². The minimum atomic E-state index is -0.620. The number of hydrogen-bond donors (Lipinski definition) is 0. The van der Waals surface area contributed by atoms with Crippen molar-refractivity contribution in [3.8, 4) is 28.3 Å². The number of ether oxygens (including phenoxy) is 1. The van der Waals surface area contributed by atoms with E-state index in [1.165, 1.54) is 85.9 Å². The number of rotatable bonds is 4. The maximum atomic E-state index is 6.75. The van der Waals surface area contributed by atoms with Gasteiger partial charge in [0, 0.05) is 64.2 Å². The molecule has 0 radical (unpaired) electrons. The molecule has 0 unspecified atom stereocenters. The molecule has 312 valence electrons. The van der Waals surface area contributed by atoms with Gasteiger partial charge in [0.25, 0.3) is 0 Å². The fraction of sp³-hybridized carbons (Fsp3) is 0.0159. The molecule has 0 saturated heterocycles. The van der Waals surface area contributed by atoms with Gasteiger partial charge in [-0.25, -0.2) is 0 Å². The van der Waals surface area contributed by atoms with Crippen LogP contribution in [0.15, 0.2) is 231 Å². The Kier molecular flexibility index (Phi) is 7.58. The second kappa shape index (κ2) is 13.8. The van der Waals surface area contributed by atoms with Crippen molar-refractivity contribution >= 4 is 91.9 Å². The van der Waals surface area contributed by atoms with Crippen LogP contribution in [0.5, 0.6) is 11.5 Å². The first-order valence-electron chi connectivity index (χ1n) is 23.0. The summed E-state index contributed by atoms with van der Waals surface area (Å²) < 4.78 is 11.8. The molecule has 1 aliphatic heterocycles. The number of aromatic nitrogens is 1. The van der Waals surface area contributed by atoms with Gasteiger partial charge in [-0.1, -0.05) is 164 Å². The highest BCUT2D eigenvalue weighted by Gasteiger charge is 2.49. The molecule has 67 heavy (non-hydrogen) atoms. The van der Waals surface area contributed by atoms with Gasteiger partial charge in [0.15, 0.2) is 0 Å². The zero-order valence-corrected chi connectivity index (χ0v) is 37.0. The normalized spacial score (nSPS) is 13.3. The van der Waals surface area contributed by atoms with Crippen LogP contribution in [0.1, 0.15) is 22.3 Å². The number of hydrogen-bond acceptors (Lipinski definition) is 3. The summed E-state index contributed by atoms with van der Waals surface area (Å²) in [4.78, 5) is 2.51. The highest BCUT2D eigenvalue weighted by Crippen LogP contribution is 2.62. The monoisotopic (exact) mass is 870 g/mol. The van der Waals surface area contributed by atoms with Crippen LogP contribution in [0, 0.1) is 0 Å². The molecule has 1 aliphatic carbocycles. The maximum absolute atomic E-state index is 6.75. The van der Waals surface area contributed by atoms with Gasteiger partial charge >= 0.3 is 0 Å². The molecule has 0 N–H and O–H groups in total. The molecular weight excluding hydrogens is 833 g/mol. The molecule has 3 nitrogen and oxygen atoms in total. The number of thiophene rings is 1. The number of fused-ring (bicyclic) bond motifs is 15. The van der Waals surface area contributed by atoms with Gasteiger partial charge < -0.3 is 14.2 Å². The molecule has 0 atom stereocenters. The van der Waals surface area contributed by atoms with E-state index in [9.17, 15) is 0 Å². The second-order valence-electron chi connectivity index (χ2n) is 17.9. The third-order valence-corrected chi connectivity index (χ3v) is 15.8. The SMILES string of the molecule is c1ccc2c(c1)Oc1ccccc1C21c2ccccc2-c2ccc(N(c3ccc4sc5ccccc5c4c3)c3ccc4c5ccccc5n(-c5cccc6ccccc56)c4c3)c3cccc1c23. The molecule has 2 aromatic heterocycles. The van der Waals surface area contributed by atoms with E-state index in [2.05, 4.69) is 240 Å². The van der Waals surface area contributed by atoms with Crippen LogP contribution in [-0.2, 0) is 5.41 Å². The molecule has 1 spiro atoms. The van der Waals surface area contributed by atoms with E-state index < -0.39 is 5.41 Å². The summed E-state index contributed by atoms with van der Waals surface area (Å²) in [7, 11) is 0. The maximum Gasteiger partial charge on any atom is 0.132 e. The number of para-hydroxylation sites is 3. The first kappa shape index (κ1) is 36.9. The summed E-state index contributed by atoms with van der Waals surface area (Å²) in [6, 6.07) is 85.2. The van der Waals surface area contributed by atoms with Crippen molar-refractivity contribution in [3.05, 3.63) is 253 Å². The van der Waals surface area contributed by atoms with Crippen molar-refractivity contribution in [3.63, 3.8) is 0 Å². The van der Waals surface area contributed by atoms with E-state index in [4.69, 9.17) is 4.74 Å². The molecule has 15 rings (SSSR count). The number of nitrogens with zero attached hydrogens (tertiary/aromatic N) is 2. The Bertz CT molecular complexity index is 4180. The van der Waals surface area contributed by atoms with Gasteiger partial charge in [-0.15, -0.1) is 11.3 Å². The molecule has 0 saturated carbocycles. The van der Waals surface area contributed by atoms with Crippen LogP contribution in [0.25, 0.3) is 80.3 Å². The Morgan fingerprint density at radius 2 is 1.00 bits per heavy atom. The average Bonchev–Trinajstić information content (AvgIpc) is 3.93. The average molecular weight is 871 g/mol. The lowest BCUT2D eigenvalue weighted by Crippen LogP contribution is -2.36. The molecule has 0 amide bonds. The van der Waals surface area contributed by atoms with Crippen LogP contribution in [-0.4, -0.2) is 4.57 Å². The van der Waals surface area contributed by atoms with Crippen molar-refractivity contribution in [2.24, 2.45) is 0 Å². The van der Waals surface area contributed by atoms with Gasteiger partial charge in [0.2, 0.25) is 0 Å². The molecule has 0 bridgehead atoms. The lowest BCUT2D eigenvalue weighted by Gasteiger charge is -2.45. The van der Waals surface area contributed by atoms with Gasteiger partial charge in [-0.05, 0) is 99.8 Å². The highest BCUT2D eigenvalue weighted by atomic mass is 32.1. The predicted octanol–water partition coefficient (Wildman–Crippen LogP) is 17.4. The minimum Gasteiger partial charge on any atom is -0.457 e. The summed E-state index contributed by atoms with van der Waals surface area (Å²) in [6.07, 6.45) is 0. The Morgan fingerprint density at radius 1 is 0.388 bits per heavy atom. The lowest BCUT2D eigenvalue weighted by atomic mass is 9.58. The second-order valence-corrected chi connectivity index (χ2v) is 19.0. The summed E-state index contributed by atoms with van der Waals surface area (Å²) in [6.45, 7) is 0. The van der Waals surface area contributed by atoms with E-state index >= 15 is 0 Å². The Morgan fingerprint density at radius 3 is 1.87 bits per heavy atom. The number of benzene rings is 11. The summed E-state index contributed by atoms with van der Waals surface area (Å²) >= 11 is 1.86. The van der Waals surface area contributed by atoms with Crippen molar-refractivity contribution in [2.75, 3.05) is 4.90 Å². The molecule has 2 aliphatic rings. The van der Waals surface area contributed by atoms with Crippen LogP contribution >= 0.6 is 11.3 Å². The number of anilines is 3. The zero-order chi connectivity index (χ0) is 43.8. The van der Waals surface area contributed by atoms with E-state index in [-0.39, 0.29) is 0 Å².